The fraction of sp³-hybridized carbons (Fsp3) is 0.600. The minimum absolute atomic E-state index is 0.218. The summed E-state index contributed by atoms with van der Waals surface area (Å²) in [6.07, 6.45) is 5.51. The number of benzene rings is 1. The molecule has 0 amide bonds. The zero-order chi connectivity index (χ0) is 12.1. The van der Waals surface area contributed by atoms with Crippen LogP contribution in [0.2, 0.25) is 0 Å². The molecular weight excluding hydrogens is 212 g/mol. The summed E-state index contributed by atoms with van der Waals surface area (Å²) < 4.78 is 5.69. The number of aliphatic hydroxyl groups is 1. The summed E-state index contributed by atoms with van der Waals surface area (Å²) in [4.78, 5) is 0. The smallest absolute Gasteiger partial charge is 0.119 e. The summed E-state index contributed by atoms with van der Waals surface area (Å²) in [6.45, 7) is 2.67. The highest BCUT2D eigenvalue weighted by Gasteiger charge is 2.20. The second kappa shape index (κ2) is 6.06. The summed E-state index contributed by atoms with van der Waals surface area (Å²) in [7, 11) is 0. The van der Waals surface area contributed by atoms with E-state index in [-0.39, 0.29) is 6.10 Å². The predicted molar refractivity (Wildman–Crippen MR) is 69.3 cm³/mol. The van der Waals surface area contributed by atoms with Gasteiger partial charge in [-0.05, 0) is 49.8 Å². The Morgan fingerprint density at radius 2 is 2.00 bits per heavy atom. The van der Waals surface area contributed by atoms with E-state index in [1.165, 1.54) is 24.8 Å². The summed E-state index contributed by atoms with van der Waals surface area (Å²) in [5.74, 6) is 1.90. The highest BCUT2D eigenvalue weighted by atomic mass is 16.5. The van der Waals surface area contributed by atoms with Crippen molar-refractivity contribution in [2.45, 2.75) is 45.1 Å². The Balaban J connectivity index is 1.71. The van der Waals surface area contributed by atoms with Crippen molar-refractivity contribution in [3.8, 4) is 5.75 Å². The molecule has 1 aromatic rings. The predicted octanol–water partition coefficient (Wildman–Crippen LogP) is 3.18. The Kier molecular flexibility index (Phi) is 4.43. The van der Waals surface area contributed by atoms with Crippen molar-refractivity contribution in [2.75, 3.05) is 6.61 Å². The topological polar surface area (TPSA) is 29.5 Å². The first-order valence-electron chi connectivity index (χ1n) is 6.64. The van der Waals surface area contributed by atoms with E-state index in [1.807, 2.05) is 19.1 Å². The molecule has 1 aliphatic carbocycles. The number of rotatable bonds is 7. The van der Waals surface area contributed by atoms with Crippen LogP contribution in [0.1, 0.15) is 38.2 Å². The molecule has 1 saturated carbocycles. The van der Waals surface area contributed by atoms with Gasteiger partial charge in [-0.25, -0.2) is 0 Å². The number of hydrogen-bond acceptors (Lipinski definition) is 2. The number of ether oxygens (including phenoxy) is 1. The molecule has 94 valence electrons. The van der Waals surface area contributed by atoms with Crippen molar-refractivity contribution in [1.82, 2.24) is 0 Å². The summed E-state index contributed by atoms with van der Waals surface area (Å²) in [5.41, 5.74) is 1.26. The number of aryl methyl sites for hydroxylation is 1. The molecule has 2 heteroatoms. The first kappa shape index (κ1) is 12.4. The Labute approximate surface area is 104 Å². The molecule has 1 fully saturated rings. The summed E-state index contributed by atoms with van der Waals surface area (Å²) >= 11 is 0. The van der Waals surface area contributed by atoms with Crippen LogP contribution >= 0.6 is 0 Å². The van der Waals surface area contributed by atoms with Crippen LogP contribution in [-0.4, -0.2) is 17.8 Å². The first-order chi connectivity index (χ1) is 8.24. The zero-order valence-corrected chi connectivity index (χ0v) is 10.6. The zero-order valence-electron chi connectivity index (χ0n) is 10.6. The van der Waals surface area contributed by atoms with Crippen LogP contribution in [-0.2, 0) is 6.42 Å². The van der Waals surface area contributed by atoms with Crippen molar-refractivity contribution in [3.05, 3.63) is 29.8 Å². The van der Waals surface area contributed by atoms with Gasteiger partial charge in [0.1, 0.15) is 5.75 Å². The van der Waals surface area contributed by atoms with Crippen molar-refractivity contribution >= 4 is 0 Å². The fourth-order valence-corrected chi connectivity index (χ4v) is 1.88. The van der Waals surface area contributed by atoms with Crippen LogP contribution in [0.15, 0.2) is 24.3 Å². The molecule has 1 aromatic carbocycles. The molecule has 0 spiro atoms. The Bertz CT molecular complexity index is 325. The number of hydrogen-bond donors (Lipinski definition) is 1. The van der Waals surface area contributed by atoms with Gasteiger partial charge >= 0.3 is 0 Å². The lowest BCUT2D eigenvalue weighted by Crippen LogP contribution is -2.01. The van der Waals surface area contributed by atoms with Gasteiger partial charge in [0.25, 0.3) is 0 Å². The van der Waals surface area contributed by atoms with E-state index < -0.39 is 0 Å². The fourth-order valence-electron chi connectivity index (χ4n) is 1.88. The standard InChI is InChI=1S/C15H22O2/c1-12(16)2-3-13-6-8-15(9-7-13)17-11-10-14-4-5-14/h6-9,12,14,16H,2-5,10-11H2,1H3. The molecular formula is C15H22O2. The van der Waals surface area contributed by atoms with Crippen LogP contribution in [0.5, 0.6) is 5.75 Å². The Hall–Kier alpha value is -1.02. The maximum Gasteiger partial charge on any atom is 0.119 e. The van der Waals surface area contributed by atoms with E-state index in [9.17, 15) is 5.11 Å². The monoisotopic (exact) mass is 234 g/mol. The van der Waals surface area contributed by atoms with Gasteiger partial charge in [0, 0.05) is 0 Å². The highest BCUT2D eigenvalue weighted by Crippen LogP contribution is 2.32. The maximum atomic E-state index is 9.22. The molecule has 0 radical (unpaired) electrons. The van der Waals surface area contributed by atoms with Crippen molar-refractivity contribution in [1.29, 1.82) is 0 Å². The molecule has 17 heavy (non-hydrogen) atoms. The van der Waals surface area contributed by atoms with E-state index in [0.29, 0.717) is 0 Å². The second-order valence-corrected chi connectivity index (χ2v) is 5.11. The molecule has 0 bridgehead atoms. The third-order valence-corrected chi connectivity index (χ3v) is 3.27. The number of aliphatic hydroxyl groups excluding tert-OH is 1. The molecule has 1 aliphatic rings. The summed E-state index contributed by atoms with van der Waals surface area (Å²) in [6, 6.07) is 8.25. The normalized spacial score (nSPS) is 16.8. The average molecular weight is 234 g/mol. The minimum atomic E-state index is -0.218. The third-order valence-electron chi connectivity index (χ3n) is 3.27. The van der Waals surface area contributed by atoms with Gasteiger partial charge in [0.2, 0.25) is 0 Å². The van der Waals surface area contributed by atoms with E-state index in [4.69, 9.17) is 4.74 Å². The van der Waals surface area contributed by atoms with Crippen LogP contribution in [0.25, 0.3) is 0 Å². The van der Waals surface area contributed by atoms with Crippen molar-refractivity contribution in [3.63, 3.8) is 0 Å². The van der Waals surface area contributed by atoms with Crippen molar-refractivity contribution < 1.29 is 9.84 Å². The van der Waals surface area contributed by atoms with Crippen LogP contribution in [0.4, 0.5) is 0 Å². The van der Waals surface area contributed by atoms with Gasteiger partial charge < -0.3 is 9.84 Å². The molecule has 0 heterocycles. The molecule has 1 atom stereocenters. The van der Waals surface area contributed by atoms with Gasteiger partial charge in [-0.15, -0.1) is 0 Å². The van der Waals surface area contributed by atoms with Crippen molar-refractivity contribution in [2.24, 2.45) is 5.92 Å². The van der Waals surface area contributed by atoms with Gasteiger partial charge in [-0.2, -0.15) is 0 Å². The molecule has 1 unspecified atom stereocenters. The molecule has 2 rings (SSSR count). The Morgan fingerprint density at radius 3 is 2.59 bits per heavy atom. The average Bonchev–Trinajstić information content (AvgIpc) is 3.12. The van der Waals surface area contributed by atoms with Gasteiger partial charge in [0.05, 0.1) is 12.7 Å². The molecule has 1 N–H and O–H groups in total. The highest BCUT2D eigenvalue weighted by molar-refractivity contribution is 5.27. The van der Waals surface area contributed by atoms with E-state index >= 15 is 0 Å². The van der Waals surface area contributed by atoms with Gasteiger partial charge in [0.15, 0.2) is 0 Å². The van der Waals surface area contributed by atoms with E-state index in [1.54, 1.807) is 0 Å². The summed E-state index contributed by atoms with van der Waals surface area (Å²) in [5, 5.41) is 9.22. The SMILES string of the molecule is CC(O)CCc1ccc(OCCC2CC2)cc1. The lowest BCUT2D eigenvalue weighted by atomic mass is 10.1. The maximum absolute atomic E-state index is 9.22. The molecule has 2 nitrogen and oxygen atoms in total. The lowest BCUT2D eigenvalue weighted by molar-refractivity contribution is 0.185. The lowest BCUT2D eigenvalue weighted by Gasteiger charge is -2.07. The van der Waals surface area contributed by atoms with Gasteiger partial charge in [-0.1, -0.05) is 25.0 Å². The largest absolute Gasteiger partial charge is 0.494 e. The van der Waals surface area contributed by atoms with Gasteiger partial charge in [-0.3, -0.25) is 0 Å². The first-order valence-corrected chi connectivity index (χ1v) is 6.64. The Morgan fingerprint density at radius 1 is 1.29 bits per heavy atom. The van der Waals surface area contributed by atoms with E-state index in [2.05, 4.69) is 12.1 Å². The third kappa shape index (κ3) is 4.78. The van der Waals surface area contributed by atoms with Crippen LogP contribution in [0, 0.1) is 5.92 Å². The van der Waals surface area contributed by atoms with Crippen LogP contribution in [0.3, 0.4) is 0 Å². The minimum Gasteiger partial charge on any atom is -0.494 e. The molecule has 0 aliphatic heterocycles. The molecule has 0 saturated heterocycles. The quantitative estimate of drug-likeness (QED) is 0.785. The van der Waals surface area contributed by atoms with E-state index in [0.717, 1.165) is 31.1 Å². The second-order valence-electron chi connectivity index (χ2n) is 5.11. The molecule has 0 aromatic heterocycles. The van der Waals surface area contributed by atoms with Crippen LogP contribution < -0.4 is 4.74 Å².